The Labute approximate surface area is 161 Å². The summed E-state index contributed by atoms with van der Waals surface area (Å²) in [5, 5.41) is 0. The van der Waals surface area contributed by atoms with Crippen LogP contribution in [-0.4, -0.2) is 52.4 Å². The molecule has 0 spiro atoms. The van der Waals surface area contributed by atoms with Gasteiger partial charge in [-0.1, -0.05) is 17.7 Å². The topological polar surface area (TPSA) is 45.6 Å². The lowest BCUT2D eigenvalue weighted by molar-refractivity contribution is -0.130. The van der Waals surface area contributed by atoms with Crippen molar-refractivity contribution in [2.24, 2.45) is 7.05 Å². The molecule has 0 unspecified atom stereocenters. The van der Waals surface area contributed by atoms with Gasteiger partial charge < -0.3 is 14.4 Å². The average Bonchev–Trinajstić information content (AvgIpc) is 2.85. The van der Waals surface area contributed by atoms with Gasteiger partial charge in [0.25, 0.3) is 5.91 Å². The molecule has 1 fully saturated rings. The van der Waals surface area contributed by atoms with Gasteiger partial charge in [-0.15, -0.1) is 0 Å². The largest absolute Gasteiger partial charge is 0.357 e. The number of hydrogen-bond donors (Lipinski definition) is 0. The minimum atomic E-state index is 0.0855. The molecule has 2 amide bonds. The van der Waals surface area contributed by atoms with Gasteiger partial charge in [-0.2, -0.15) is 0 Å². The summed E-state index contributed by atoms with van der Waals surface area (Å²) >= 11 is 0. The zero-order chi connectivity index (χ0) is 19.6. The van der Waals surface area contributed by atoms with Crippen molar-refractivity contribution in [2.75, 3.05) is 26.2 Å². The van der Waals surface area contributed by atoms with E-state index in [-0.39, 0.29) is 11.8 Å². The predicted octanol–water partition coefficient (Wildman–Crippen LogP) is 2.87. The summed E-state index contributed by atoms with van der Waals surface area (Å²) < 4.78 is 1.96. The average molecular weight is 367 g/mol. The highest BCUT2D eigenvalue weighted by atomic mass is 16.2. The lowest BCUT2D eigenvalue weighted by Gasteiger charge is -2.24. The van der Waals surface area contributed by atoms with E-state index >= 15 is 0 Å². The van der Waals surface area contributed by atoms with Gasteiger partial charge in [0.15, 0.2) is 0 Å². The van der Waals surface area contributed by atoms with E-state index in [9.17, 15) is 9.59 Å². The first kappa shape index (κ1) is 19.2. The molecule has 2 aromatic rings. The van der Waals surface area contributed by atoms with Gasteiger partial charge in [0, 0.05) is 51.2 Å². The van der Waals surface area contributed by atoms with E-state index in [1.165, 1.54) is 5.56 Å². The first-order valence-corrected chi connectivity index (χ1v) is 9.61. The molecule has 5 nitrogen and oxygen atoms in total. The fourth-order valence-electron chi connectivity index (χ4n) is 4.00. The van der Waals surface area contributed by atoms with Gasteiger partial charge in [-0.05, 0) is 49.9 Å². The molecular formula is C22H29N3O2. The Kier molecular flexibility index (Phi) is 5.68. The fraction of sp³-hybridized carbons (Fsp3) is 0.455. The van der Waals surface area contributed by atoms with Crippen LogP contribution < -0.4 is 0 Å². The van der Waals surface area contributed by atoms with E-state index in [2.05, 4.69) is 19.1 Å². The maximum atomic E-state index is 13.1. The first-order chi connectivity index (χ1) is 12.8. The Balaban J connectivity index is 1.66. The quantitative estimate of drug-likeness (QED) is 0.837. The van der Waals surface area contributed by atoms with Crippen molar-refractivity contribution in [3.8, 4) is 0 Å². The summed E-state index contributed by atoms with van der Waals surface area (Å²) in [6, 6.07) is 6.11. The predicted molar refractivity (Wildman–Crippen MR) is 107 cm³/mol. The summed E-state index contributed by atoms with van der Waals surface area (Å²) in [6.45, 7) is 8.65. The molecule has 1 aromatic carbocycles. The lowest BCUT2D eigenvalue weighted by atomic mass is 9.98. The van der Waals surface area contributed by atoms with Gasteiger partial charge in [-0.25, -0.2) is 0 Å². The zero-order valence-corrected chi connectivity index (χ0v) is 16.8. The molecule has 0 atom stereocenters. The molecule has 3 rings (SSSR count). The van der Waals surface area contributed by atoms with Gasteiger partial charge in [0.1, 0.15) is 0 Å². The van der Waals surface area contributed by atoms with Crippen LogP contribution in [0.25, 0.3) is 0 Å². The molecule has 27 heavy (non-hydrogen) atoms. The monoisotopic (exact) mass is 367 g/mol. The second-order valence-electron chi connectivity index (χ2n) is 7.66. The Morgan fingerprint density at radius 2 is 1.59 bits per heavy atom. The second kappa shape index (κ2) is 7.99. The zero-order valence-electron chi connectivity index (χ0n) is 16.8. The highest BCUT2D eigenvalue weighted by molar-refractivity contribution is 5.97. The van der Waals surface area contributed by atoms with Crippen LogP contribution in [0.3, 0.4) is 0 Å². The summed E-state index contributed by atoms with van der Waals surface area (Å²) in [6.07, 6.45) is 5.17. The van der Waals surface area contributed by atoms with E-state index < -0.39 is 0 Å². The maximum absolute atomic E-state index is 13.1. The molecule has 5 heteroatoms. The molecule has 2 heterocycles. The number of hydrogen-bond acceptors (Lipinski definition) is 2. The minimum Gasteiger partial charge on any atom is -0.357 e. The first-order valence-electron chi connectivity index (χ1n) is 9.61. The van der Waals surface area contributed by atoms with Crippen LogP contribution >= 0.6 is 0 Å². The Morgan fingerprint density at radius 1 is 0.963 bits per heavy atom. The van der Waals surface area contributed by atoms with Gasteiger partial charge in [0.2, 0.25) is 5.91 Å². The summed E-state index contributed by atoms with van der Waals surface area (Å²) in [5.74, 6) is 0.223. The molecule has 0 N–H and O–H groups in total. The smallest absolute Gasteiger partial charge is 0.254 e. The fourth-order valence-corrected chi connectivity index (χ4v) is 4.00. The van der Waals surface area contributed by atoms with Crippen molar-refractivity contribution in [3.05, 3.63) is 58.4 Å². The van der Waals surface area contributed by atoms with Gasteiger partial charge in [-0.3, -0.25) is 9.59 Å². The van der Waals surface area contributed by atoms with E-state index in [1.807, 2.05) is 53.7 Å². The van der Waals surface area contributed by atoms with E-state index in [0.29, 0.717) is 32.6 Å². The lowest BCUT2D eigenvalue weighted by Crippen LogP contribution is -2.38. The van der Waals surface area contributed by atoms with Crippen molar-refractivity contribution in [3.63, 3.8) is 0 Å². The summed E-state index contributed by atoms with van der Waals surface area (Å²) in [4.78, 5) is 29.5. The minimum absolute atomic E-state index is 0.0855. The number of amides is 2. The third-order valence-corrected chi connectivity index (χ3v) is 5.28. The highest BCUT2D eigenvalue weighted by Crippen LogP contribution is 2.19. The molecule has 0 bridgehead atoms. The van der Waals surface area contributed by atoms with Crippen LogP contribution in [0.5, 0.6) is 0 Å². The molecule has 0 saturated carbocycles. The van der Waals surface area contributed by atoms with E-state index in [0.717, 1.165) is 28.7 Å². The van der Waals surface area contributed by atoms with Crippen molar-refractivity contribution in [1.82, 2.24) is 14.4 Å². The molecule has 0 radical (unpaired) electrons. The normalized spacial score (nSPS) is 15.0. The van der Waals surface area contributed by atoms with Gasteiger partial charge >= 0.3 is 0 Å². The Morgan fingerprint density at radius 3 is 2.22 bits per heavy atom. The number of aryl methyl sites for hydroxylation is 4. The molecule has 1 saturated heterocycles. The Hall–Kier alpha value is -2.56. The maximum Gasteiger partial charge on any atom is 0.254 e. The number of rotatable bonds is 3. The van der Waals surface area contributed by atoms with Crippen LogP contribution in [0.4, 0.5) is 0 Å². The number of benzene rings is 1. The number of nitrogens with zero attached hydrogens (tertiary/aromatic N) is 3. The summed E-state index contributed by atoms with van der Waals surface area (Å²) in [7, 11) is 1.96. The standard InChI is InChI=1S/C22H29N3O2/c1-16-12-17(2)21(18(3)13-16)22(27)25-8-5-7-24(10-11-25)20(26)14-19-6-9-23(4)15-19/h6,9,12-13,15H,5,7-8,10-11,14H2,1-4H3. The van der Waals surface area contributed by atoms with Gasteiger partial charge in [0.05, 0.1) is 6.42 Å². The SMILES string of the molecule is Cc1cc(C)c(C(=O)N2CCCN(C(=O)Cc3ccn(C)c3)CC2)c(C)c1. The molecule has 1 aliphatic heterocycles. The third-order valence-electron chi connectivity index (χ3n) is 5.28. The number of aromatic nitrogens is 1. The van der Waals surface area contributed by atoms with Crippen molar-refractivity contribution in [1.29, 1.82) is 0 Å². The van der Waals surface area contributed by atoms with Crippen molar-refractivity contribution >= 4 is 11.8 Å². The Bertz CT molecular complexity index is 830. The summed E-state index contributed by atoms with van der Waals surface area (Å²) in [5.41, 5.74) is 5.07. The second-order valence-corrected chi connectivity index (χ2v) is 7.66. The molecule has 144 valence electrons. The van der Waals surface area contributed by atoms with Crippen LogP contribution in [0.1, 0.15) is 39.0 Å². The van der Waals surface area contributed by atoms with Crippen molar-refractivity contribution in [2.45, 2.75) is 33.6 Å². The molecule has 0 aliphatic carbocycles. The van der Waals surface area contributed by atoms with Crippen LogP contribution in [0.2, 0.25) is 0 Å². The van der Waals surface area contributed by atoms with E-state index in [1.54, 1.807) is 0 Å². The van der Waals surface area contributed by atoms with Crippen molar-refractivity contribution < 1.29 is 9.59 Å². The van der Waals surface area contributed by atoms with Crippen LogP contribution in [0.15, 0.2) is 30.6 Å². The molecule has 1 aliphatic rings. The molecular weight excluding hydrogens is 338 g/mol. The number of carbonyl (C=O) groups is 2. The van der Waals surface area contributed by atoms with E-state index in [4.69, 9.17) is 0 Å². The third kappa shape index (κ3) is 4.41. The molecule has 1 aromatic heterocycles. The van der Waals surface area contributed by atoms with Crippen LogP contribution in [0, 0.1) is 20.8 Å². The highest BCUT2D eigenvalue weighted by Gasteiger charge is 2.24. The number of carbonyl (C=O) groups excluding carboxylic acids is 2. The van der Waals surface area contributed by atoms with Crippen LogP contribution in [-0.2, 0) is 18.3 Å².